The van der Waals surface area contributed by atoms with Crippen LogP contribution in [-0.4, -0.2) is 11.3 Å². The van der Waals surface area contributed by atoms with Gasteiger partial charge in [-0.25, -0.2) is 0 Å². The molecule has 3 rings (SSSR count). The van der Waals surface area contributed by atoms with E-state index >= 15 is 0 Å². The van der Waals surface area contributed by atoms with E-state index in [1.807, 2.05) is 30.5 Å². The molecule has 3 aromatic rings. The van der Waals surface area contributed by atoms with Crippen molar-refractivity contribution >= 4 is 10.9 Å². The van der Waals surface area contributed by atoms with Crippen molar-refractivity contribution in [2.75, 3.05) is 0 Å². The number of hydrogen-bond donors (Lipinski definition) is 2. The van der Waals surface area contributed by atoms with Gasteiger partial charge in [0.15, 0.2) is 0 Å². The van der Waals surface area contributed by atoms with Crippen molar-refractivity contribution in [3.05, 3.63) is 65.9 Å². The van der Waals surface area contributed by atoms with Gasteiger partial charge in [-0.1, -0.05) is 18.2 Å². The Hall–Kier alpha value is -2.47. The number of alkyl halides is 3. The first-order chi connectivity index (χ1) is 10.4. The van der Waals surface area contributed by atoms with Crippen LogP contribution in [-0.2, 0) is 0 Å². The van der Waals surface area contributed by atoms with E-state index in [0.717, 1.165) is 16.5 Å². The van der Waals surface area contributed by atoms with E-state index in [4.69, 9.17) is 5.73 Å². The molecule has 0 fully saturated rings. The van der Waals surface area contributed by atoms with E-state index in [1.54, 1.807) is 0 Å². The Balaban J connectivity index is 1.83. The summed E-state index contributed by atoms with van der Waals surface area (Å²) in [7, 11) is 0. The Bertz CT molecular complexity index is 778. The number of benzene rings is 2. The van der Waals surface area contributed by atoms with E-state index in [-0.39, 0.29) is 5.75 Å². The Morgan fingerprint density at radius 1 is 0.955 bits per heavy atom. The lowest BCUT2D eigenvalue weighted by molar-refractivity contribution is -0.274. The molecule has 2 aromatic carbocycles. The molecule has 0 bridgehead atoms. The van der Waals surface area contributed by atoms with E-state index < -0.39 is 12.4 Å². The third kappa shape index (κ3) is 3.07. The molecule has 22 heavy (non-hydrogen) atoms. The summed E-state index contributed by atoms with van der Waals surface area (Å²) in [4.78, 5) is 3.09. The highest BCUT2D eigenvalue weighted by Gasteiger charge is 2.31. The molecule has 1 aromatic heterocycles. The molecule has 0 amide bonds. The van der Waals surface area contributed by atoms with Gasteiger partial charge in [-0.15, -0.1) is 13.2 Å². The first-order valence-corrected chi connectivity index (χ1v) is 6.61. The van der Waals surface area contributed by atoms with Crippen LogP contribution < -0.4 is 10.5 Å². The highest BCUT2D eigenvalue weighted by atomic mass is 19.4. The topological polar surface area (TPSA) is 51.0 Å². The molecule has 3 nitrogen and oxygen atoms in total. The molecule has 6 heteroatoms. The monoisotopic (exact) mass is 306 g/mol. The van der Waals surface area contributed by atoms with Crippen molar-refractivity contribution in [1.29, 1.82) is 0 Å². The first kappa shape index (κ1) is 14.5. The molecule has 0 aliphatic rings. The van der Waals surface area contributed by atoms with Crippen LogP contribution in [0.5, 0.6) is 5.75 Å². The second-order valence-corrected chi connectivity index (χ2v) is 4.92. The fraction of sp³-hybridized carbons (Fsp3) is 0.125. The molecule has 114 valence electrons. The van der Waals surface area contributed by atoms with Crippen LogP contribution in [0.3, 0.4) is 0 Å². The minimum atomic E-state index is -4.69. The van der Waals surface area contributed by atoms with E-state index in [0.29, 0.717) is 5.56 Å². The predicted molar refractivity (Wildman–Crippen MR) is 77.5 cm³/mol. The SMILES string of the molecule is N[C@@H](c1ccc(OC(F)(F)F)cc1)c1ccc2[nH]ccc2c1. The van der Waals surface area contributed by atoms with Gasteiger partial charge in [0.2, 0.25) is 0 Å². The molecule has 0 unspecified atom stereocenters. The lowest BCUT2D eigenvalue weighted by atomic mass is 9.98. The maximum absolute atomic E-state index is 12.1. The van der Waals surface area contributed by atoms with Gasteiger partial charge in [-0.3, -0.25) is 0 Å². The summed E-state index contributed by atoms with van der Waals surface area (Å²) < 4.78 is 40.2. The molecule has 0 spiro atoms. The van der Waals surface area contributed by atoms with Crippen LogP contribution in [0.1, 0.15) is 17.2 Å². The van der Waals surface area contributed by atoms with Gasteiger partial charge in [-0.2, -0.15) is 0 Å². The fourth-order valence-corrected chi connectivity index (χ4v) is 2.33. The molecule has 0 radical (unpaired) electrons. The maximum Gasteiger partial charge on any atom is 0.573 e. The Morgan fingerprint density at radius 2 is 1.64 bits per heavy atom. The van der Waals surface area contributed by atoms with Gasteiger partial charge >= 0.3 is 6.36 Å². The number of aromatic amines is 1. The summed E-state index contributed by atoms with van der Waals surface area (Å²) in [6, 6.07) is 12.9. The van der Waals surface area contributed by atoms with Crippen molar-refractivity contribution in [2.45, 2.75) is 12.4 Å². The lowest BCUT2D eigenvalue weighted by Gasteiger charge is -2.14. The smallest absolute Gasteiger partial charge is 0.406 e. The lowest BCUT2D eigenvalue weighted by Crippen LogP contribution is -2.17. The van der Waals surface area contributed by atoms with Crippen molar-refractivity contribution in [3.63, 3.8) is 0 Å². The molecular weight excluding hydrogens is 293 g/mol. The zero-order valence-electron chi connectivity index (χ0n) is 11.4. The fourth-order valence-electron chi connectivity index (χ4n) is 2.33. The number of nitrogens with one attached hydrogen (secondary N) is 1. The summed E-state index contributed by atoms with van der Waals surface area (Å²) in [5.74, 6) is -0.260. The molecular formula is C16H13F3N2O. The second-order valence-electron chi connectivity index (χ2n) is 4.92. The largest absolute Gasteiger partial charge is 0.573 e. The van der Waals surface area contributed by atoms with Gasteiger partial charge in [0.25, 0.3) is 0 Å². The molecule has 0 saturated heterocycles. The predicted octanol–water partition coefficient (Wildman–Crippen LogP) is 4.11. The van der Waals surface area contributed by atoms with Crippen LogP contribution in [0.25, 0.3) is 10.9 Å². The number of halogens is 3. The van der Waals surface area contributed by atoms with Gasteiger partial charge in [0, 0.05) is 11.7 Å². The number of nitrogens with two attached hydrogens (primary N) is 1. The van der Waals surface area contributed by atoms with Crippen molar-refractivity contribution < 1.29 is 17.9 Å². The zero-order chi connectivity index (χ0) is 15.7. The summed E-state index contributed by atoms with van der Waals surface area (Å²) >= 11 is 0. The van der Waals surface area contributed by atoms with Crippen molar-refractivity contribution in [1.82, 2.24) is 4.98 Å². The quantitative estimate of drug-likeness (QED) is 0.765. The van der Waals surface area contributed by atoms with Gasteiger partial charge in [-0.05, 0) is 46.8 Å². The van der Waals surface area contributed by atoms with Gasteiger partial charge < -0.3 is 15.5 Å². The average Bonchev–Trinajstić information content (AvgIpc) is 2.93. The molecule has 1 atom stereocenters. The minimum Gasteiger partial charge on any atom is -0.406 e. The Kier molecular flexibility index (Phi) is 3.54. The number of H-pyrrole nitrogens is 1. The standard InChI is InChI=1S/C16H13F3N2O/c17-16(18,19)22-13-4-1-10(2-5-13)15(20)12-3-6-14-11(9-12)7-8-21-14/h1-9,15,21H,20H2/t15-/m0/s1. The first-order valence-electron chi connectivity index (χ1n) is 6.61. The van der Waals surface area contributed by atoms with Gasteiger partial charge in [0.1, 0.15) is 5.75 Å². The highest BCUT2D eigenvalue weighted by molar-refractivity contribution is 5.80. The molecule has 0 aliphatic carbocycles. The third-order valence-electron chi connectivity index (χ3n) is 3.41. The van der Waals surface area contributed by atoms with E-state index in [2.05, 4.69) is 9.72 Å². The summed E-state index contributed by atoms with van der Waals surface area (Å²) in [6.45, 7) is 0. The van der Waals surface area contributed by atoms with E-state index in [9.17, 15) is 13.2 Å². The highest BCUT2D eigenvalue weighted by Crippen LogP contribution is 2.27. The van der Waals surface area contributed by atoms with Crippen LogP contribution >= 0.6 is 0 Å². The van der Waals surface area contributed by atoms with Crippen molar-refractivity contribution in [3.8, 4) is 5.75 Å². The molecule has 0 aliphatic heterocycles. The van der Waals surface area contributed by atoms with Crippen molar-refractivity contribution in [2.24, 2.45) is 5.73 Å². The number of hydrogen-bond acceptors (Lipinski definition) is 2. The van der Waals surface area contributed by atoms with Crippen LogP contribution in [0, 0.1) is 0 Å². The van der Waals surface area contributed by atoms with Gasteiger partial charge in [0.05, 0.1) is 6.04 Å². The minimum absolute atomic E-state index is 0.260. The second kappa shape index (κ2) is 5.38. The zero-order valence-corrected chi connectivity index (χ0v) is 11.4. The maximum atomic E-state index is 12.1. The van der Waals surface area contributed by atoms with Crippen LogP contribution in [0.15, 0.2) is 54.7 Å². The number of aromatic nitrogens is 1. The van der Waals surface area contributed by atoms with Crippen LogP contribution in [0.4, 0.5) is 13.2 Å². The number of fused-ring (bicyclic) bond motifs is 1. The molecule has 0 saturated carbocycles. The number of rotatable bonds is 3. The molecule has 1 heterocycles. The van der Waals surface area contributed by atoms with E-state index in [1.165, 1.54) is 24.3 Å². The van der Waals surface area contributed by atoms with Crippen LogP contribution in [0.2, 0.25) is 0 Å². The summed E-state index contributed by atoms with van der Waals surface area (Å²) in [5, 5.41) is 1.03. The summed E-state index contributed by atoms with van der Waals surface area (Å²) in [5.41, 5.74) is 8.78. The number of ether oxygens (including phenoxy) is 1. The molecule has 3 N–H and O–H groups in total. The third-order valence-corrected chi connectivity index (χ3v) is 3.41. The Morgan fingerprint density at radius 3 is 2.32 bits per heavy atom. The normalized spacial score (nSPS) is 13.3. The average molecular weight is 306 g/mol. The Labute approximate surface area is 124 Å². The summed E-state index contributed by atoms with van der Waals surface area (Å²) in [6.07, 6.45) is -2.85.